The van der Waals surface area contributed by atoms with Crippen LogP contribution in [0.2, 0.25) is 5.02 Å². The van der Waals surface area contributed by atoms with Crippen LogP contribution < -0.4 is 26.7 Å². The van der Waals surface area contributed by atoms with Crippen molar-refractivity contribution in [3.8, 4) is 5.75 Å². The molecule has 2 aromatic carbocycles. The highest BCUT2D eigenvalue weighted by molar-refractivity contribution is 8.01. The van der Waals surface area contributed by atoms with Gasteiger partial charge in [0.2, 0.25) is 17.7 Å². The first kappa shape index (κ1) is 31.6. The second kappa shape index (κ2) is 11.9. The number of thioether (sulfide) groups is 1. The minimum absolute atomic E-state index is 0.0493. The number of halogens is 1. The van der Waals surface area contributed by atoms with Crippen molar-refractivity contribution < 1.29 is 43.0 Å². The zero-order valence-electron chi connectivity index (χ0n) is 23.8. The monoisotopic (exact) mass is 660 g/mol. The van der Waals surface area contributed by atoms with E-state index >= 15 is 0 Å². The number of nitrogens with one attached hydrogen (secondary N) is 2. The number of carbonyl (C=O) groups is 5. The average Bonchev–Trinajstić information content (AvgIpc) is 3.25. The molecule has 0 bridgehead atoms. The Morgan fingerprint density at radius 3 is 2.47 bits per heavy atom. The van der Waals surface area contributed by atoms with Crippen LogP contribution in [0, 0.1) is 0 Å². The van der Waals surface area contributed by atoms with Crippen molar-refractivity contribution in [3.63, 3.8) is 0 Å². The lowest BCUT2D eigenvalue weighted by molar-refractivity contribution is -0.161. The molecule has 0 aliphatic carbocycles. The molecule has 15 nitrogen and oxygen atoms in total. The summed E-state index contributed by atoms with van der Waals surface area (Å²) in [5.74, 6) is -5.09. The number of methoxy groups -OCH3 is 1. The van der Waals surface area contributed by atoms with E-state index in [1.54, 1.807) is 44.2 Å². The van der Waals surface area contributed by atoms with Crippen LogP contribution in [-0.2, 0) is 30.5 Å². The van der Waals surface area contributed by atoms with Gasteiger partial charge in [-0.15, -0.1) is 11.8 Å². The summed E-state index contributed by atoms with van der Waals surface area (Å²) in [6.07, 6.45) is -1.16. The van der Waals surface area contributed by atoms with Gasteiger partial charge in [0.15, 0.2) is 11.3 Å². The van der Waals surface area contributed by atoms with Crippen molar-refractivity contribution in [2.24, 2.45) is 0 Å². The third-order valence-corrected chi connectivity index (χ3v) is 9.03. The second-order valence-electron chi connectivity index (χ2n) is 10.6. The minimum atomic E-state index is -1.37. The van der Waals surface area contributed by atoms with Crippen LogP contribution in [0.1, 0.15) is 25.5 Å². The zero-order chi connectivity index (χ0) is 32.8. The van der Waals surface area contributed by atoms with Crippen LogP contribution in [0.25, 0.3) is 11.0 Å². The fourth-order valence-electron chi connectivity index (χ4n) is 5.23. The van der Waals surface area contributed by atoms with E-state index in [4.69, 9.17) is 20.8 Å². The zero-order valence-corrected chi connectivity index (χ0v) is 25.3. The van der Waals surface area contributed by atoms with Crippen molar-refractivity contribution in [2.45, 2.75) is 48.6 Å². The van der Waals surface area contributed by atoms with E-state index in [1.807, 2.05) is 0 Å². The highest BCUT2D eigenvalue weighted by Crippen LogP contribution is 2.50. The van der Waals surface area contributed by atoms with Gasteiger partial charge >= 0.3 is 17.9 Å². The molecule has 3 aromatic rings. The summed E-state index contributed by atoms with van der Waals surface area (Å²) in [6.45, 7) is 2.51. The Bertz CT molecular complexity index is 1860. The Morgan fingerprint density at radius 1 is 1.13 bits per heavy atom. The first-order valence-electron chi connectivity index (χ1n) is 13.2. The van der Waals surface area contributed by atoms with Gasteiger partial charge < -0.3 is 34.5 Å². The molecule has 45 heavy (non-hydrogen) atoms. The van der Waals surface area contributed by atoms with E-state index in [1.165, 1.54) is 16.7 Å². The number of carboxylic acid groups (broad SMARTS) is 1. The van der Waals surface area contributed by atoms with E-state index in [2.05, 4.69) is 15.4 Å². The molecule has 2 fully saturated rings. The molecule has 236 valence electrons. The van der Waals surface area contributed by atoms with E-state index in [0.717, 1.165) is 19.2 Å². The van der Waals surface area contributed by atoms with Crippen LogP contribution in [-0.4, -0.2) is 73.7 Å². The molecule has 5 rings (SSSR count). The Balaban J connectivity index is 1.39. The van der Waals surface area contributed by atoms with Gasteiger partial charge in [0.1, 0.15) is 30.0 Å². The van der Waals surface area contributed by atoms with Gasteiger partial charge in [0.05, 0.1) is 12.5 Å². The standard InChI is InChI=1S/C28H25ClN4O11S/c1-28(2)20(25(38)39)33-23(37)18(24(33)45-28)31-21(35)17(12-7-5-4-6-8-12)30-16(34)11-32-22(36)14-9-13(29)10-15(43-27(41)42-3)19(14)44-26(32)40/h4-10,17-18,20,24H,11H2,1-3H3,(H,30,34)(H,31,35)(H,38,39). The first-order chi connectivity index (χ1) is 21.2. The molecular formula is C28H25ClN4O11S. The molecule has 2 saturated heterocycles. The molecule has 2 aliphatic rings. The van der Waals surface area contributed by atoms with E-state index in [9.17, 15) is 38.7 Å². The van der Waals surface area contributed by atoms with Crippen molar-refractivity contribution >= 4 is 64.2 Å². The molecule has 3 heterocycles. The number of benzene rings is 2. The van der Waals surface area contributed by atoms with Gasteiger partial charge in [-0.3, -0.25) is 19.2 Å². The van der Waals surface area contributed by atoms with Gasteiger partial charge in [0, 0.05) is 15.8 Å². The van der Waals surface area contributed by atoms with Crippen LogP contribution in [0.5, 0.6) is 5.75 Å². The molecule has 0 radical (unpaired) electrons. The second-order valence-corrected chi connectivity index (χ2v) is 12.8. The number of amides is 3. The molecule has 1 aromatic heterocycles. The molecule has 17 heteroatoms. The summed E-state index contributed by atoms with van der Waals surface area (Å²) < 4.78 is 14.2. The fraction of sp³-hybridized carbons (Fsp3) is 0.321. The first-order valence-corrected chi connectivity index (χ1v) is 14.5. The molecule has 0 saturated carbocycles. The topological polar surface area (TPSA) is 204 Å². The molecule has 4 unspecified atom stereocenters. The smallest absolute Gasteiger partial charge is 0.480 e. The highest BCUT2D eigenvalue weighted by atomic mass is 35.5. The maximum Gasteiger partial charge on any atom is 0.513 e. The third-order valence-electron chi connectivity index (χ3n) is 7.24. The van der Waals surface area contributed by atoms with Crippen molar-refractivity contribution in [3.05, 3.63) is 74.0 Å². The number of ether oxygens (including phenoxy) is 2. The summed E-state index contributed by atoms with van der Waals surface area (Å²) in [6, 6.07) is 6.80. The number of aromatic nitrogens is 1. The Kier molecular flexibility index (Phi) is 8.37. The number of hydrogen-bond donors (Lipinski definition) is 3. The van der Waals surface area contributed by atoms with Gasteiger partial charge in [-0.25, -0.2) is 19.0 Å². The molecule has 2 aliphatic heterocycles. The largest absolute Gasteiger partial charge is 0.513 e. The van der Waals surface area contributed by atoms with Gasteiger partial charge in [-0.2, -0.15) is 0 Å². The Hall–Kier alpha value is -4.83. The lowest BCUT2D eigenvalue weighted by atomic mass is 9.95. The Labute approximate surface area is 262 Å². The lowest BCUT2D eigenvalue weighted by Crippen LogP contribution is -2.71. The summed E-state index contributed by atoms with van der Waals surface area (Å²) in [4.78, 5) is 90.3. The summed E-state index contributed by atoms with van der Waals surface area (Å²) in [5, 5.41) is 13.8. The molecule has 0 spiro atoms. The predicted molar refractivity (Wildman–Crippen MR) is 158 cm³/mol. The van der Waals surface area contributed by atoms with Gasteiger partial charge in [0.25, 0.3) is 5.56 Å². The van der Waals surface area contributed by atoms with Crippen LogP contribution in [0.3, 0.4) is 0 Å². The molecular weight excluding hydrogens is 636 g/mol. The number of β-lactam (4-membered cyclic amide) rings is 1. The number of rotatable bonds is 8. The average molecular weight is 661 g/mol. The number of nitrogens with zero attached hydrogens (tertiary/aromatic N) is 2. The third kappa shape index (κ3) is 5.85. The maximum absolute atomic E-state index is 13.5. The van der Waals surface area contributed by atoms with E-state index in [0.29, 0.717) is 10.1 Å². The summed E-state index contributed by atoms with van der Waals surface area (Å²) >= 11 is 7.29. The predicted octanol–water partition coefficient (Wildman–Crippen LogP) is 1.24. The number of aliphatic carboxylic acids is 1. The Morgan fingerprint density at radius 2 is 1.82 bits per heavy atom. The molecule has 4 atom stereocenters. The number of fused-ring (bicyclic) bond motifs is 2. The van der Waals surface area contributed by atoms with Crippen LogP contribution in [0.15, 0.2) is 56.5 Å². The van der Waals surface area contributed by atoms with Gasteiger partial charge in [-0.05, 0) is 25.5 Å². The van der Waals surface area contributed by atoms with Gasteiger partial charge in [-0.1, -0.05) is 41.9 Å². The quantitative estimate of drug-likeness (QED) is 0.177. The normalized spacial score (nSPS) is 20.5. The van der Waals surface area contributed by atoms with Crippen molar-refractivity contribution in [2.75, 3.05) is 7.11 Å². The molecule has 3 N–H and O–H groups in total. The summed E-state index contributed by atoms with van der Waals surface area (Å²) in [5.41, 5.74) is -1.08. The number of carbonyl (C=O) groups excluding carboxylic acids is 4. The van der Waals surface area contributed by atoms with E-state index < -0.39 is 81.5 Å². The van der Waals surface area contributed by atoms with Crippen LogP contribution in [0.4, 0.5) is 4.79 Å². The SMILES string of the molecule is COC(=O)Oc1cc(Cl)cc2c(=O)n(CC(=O)NC(C(=O)NC3C(=O)N4C3SC(C)(C)C4C(=O)O)c3ccccc3)c(=O)oc12. The minimum Gasteiger partial charge on any atom is -0.480 e. The number of carboxylic acids is 1. The molecule has 3 amide bonds. The maximum atomic E-state index is 13.5. The fourth-order valence-corrected chi connectivity index (χ4v) is 7.06. The highest BCUT2D eigenvalue weighted by Gasteiger charge is 2.64. The van der Waals surface area contributed by atoms with Crippen LogP contribution >= 0.6 is 23.4 Å². The van der Waals surface area contributed by atoms with Crippen molar-refractivity contribution in [1.82, 2.24) is 20.1 Å². The van der Waals surface area contributed by atoms with Crippen molar-refractivity contribution in [1.29, 1.82) is 0 Å². The number of hydrogen-bond acceptors (Lipinski definition) is 11. The summed E-state index contributed by atoms with van der Waals surface area (Å²) in [7, 11) is 1.04. The van der Waals surface area contributed by atoms with E-state index in [-0.39, 0.29) is 16.2 Å². The lowest BCUT2D eigenvalue weighted by Gasteiger charge is -2.44.